The van der Waals surface area contributed by atoms with Gasteiger partial charge in [-0.25, -0.2) is 8.42 Å². The predicted molar refractivity (Wildman–Crippen MR) is 157 cm³/mol. The molecule has 0 heterocycles. The van der Waals surface area contributed by atoms with Crippen molar-refractivity contribution in [2.24, 2.45) is 0 Å². The highest BCUT2D eigenvalue weighted by Crippen LogP contribution is 2.30. The third-order valence-corrected chi connectivity index (χ3v) is 8.37. The first-order valence-electron chi connectivity index (χ1n) is 14.1. The summed E-state index contributed by atoms with van der Waals surface area (Å²) in [4.78, 5) is 28.6. The van der Waals surface area contributed by atoms with Gasteiger partial charge in [-0.15, -0.1) is 0 Å². The van der Waals surface area contributed by atoms with Crippen LogP contribution < -0.4 is 19.1 Å². The number of amides is 2. The molecule has 0 aliphatic heterocycles. The molecule has 0 spiro atoms. The fourth-order valence-electron chi connectivity index (χ4n) is 5.14. The van der Waals surface area contributed by atoms with Crippen LogP contribution in [0.4, 0.5) is 5.69 Å². The Kier molecular flexibility index (Phi) is 11.7. The van der Waals surface area contributed by atoms with Gasteiger partial charge in [-0.1, -0.05) is 44.0 Å². The monoisotopic (exact) mass is 573 g/mol. The van der Waals surface area contributed by atoms with E-state index in [-0.39, 0.29) is 43.8 Å². The molecule has 1 saturated carbocycles. The van der Waals surface area contributed by atoms with Gasteiger partial charge < -0.3 is 19.7 Å². The van der Waals surface area contributed by atoms with Gasteiger partial charge in [0.05, 0.1) is 25.7 Å². The van der Waals surface area contributed by atoms with E-state index in [2.05, 4.69) is 5.32 Å². The molecule has 1 N–H and O–H groups in total. The van der Waals surface area contributed by atoms with Crippen LogP contribution in [0.15, 0.2) is 48.5 Å². The lowest BCUT2D eigenvalue weighted by Crippen LogP contribution is -2.51. The first-order valence-corrected chi connectivity index (χ1v) is 15.9. The van der Waals surface area contributed by atoms with Crippen molar-refractivity contribution in [3.05, 3.63) is 54.1 Å². The highest BCUT2D eigenvalue weighted by Gasteiger charge is 2.31. The second-order valence-corrected chi connectivity index (χ2v) is 12.0. The number of carbonyl (C=O) groups excluding carboxylic acids is 2. The molecule has 220 valence electrons. The Morgan fingerprint density at radius 3 is 2.33 bits per heavy atom. The minimum atomic E-state index is -3.63. The van der Waals surface area contributed by atoms with E-state index in [1.165, 1.54) is 4.31 Å². The highest BCUT2D eigenvalue weighted by atomic mass is 32.2. The highest BCUT2D eigenvalue weighted by molar-refractivity contribution is 7.92. The van der Waals surface area contributed by atoms with Crippen molar-refractivity contribution in [3.8, 4) is 11.5 Å². The zero-order valence-corrected chi connectivity index (χ0v) is 24.9. The largest absolute Gasteiger partial charge is 0.497 e. The van der Waals surface area contributed by atoms with Gasteiger partial charge in [-0.05, 0) is 62.4 Å². The topological polar surface area (TPSA) is 105 Å². The lowest BCUT2D eigenvalue weighted by atomic mass is 10.1. The van der Waals surface area contributed by atoms with Crippen LogP contribution >= 0.6 is 0 Å². The number of hydrogen-bond acceptors (Lipinski definition) is 6. The smallest absolute Gasteiger partial charge is 0.243 e. The number of rotatable bonds is 15. The number of carbonyl (C=O) groups is 2. The van der Waals surface area contributed by atoms with E-state index in [1.807, 2.05) is 38.1 Å². The van der Waals surface area contributed by atoms with Crippen molar-refractivity contribution in [1.29, 1.82) is 0 Å². The summed E-state index contributed by atoms with van der Waals surface area (Å²) in [5.74, 6) is 0.841. The molecule has 3 rings (SSSR count). The summed E-state index contributed by atoms with van der Waals surface area (Å²) in [6.07, 6.45) is 6.10. The minimum Gasteiger partial charge on any atom is -0.497 e. The molecule has 1 fully saturated rings. The summed E-state index contributed by atoms with van der Waals surface area (Å²) < 4.78 is 37.6. The van der Waals surface area contributed by atoms with E-state index >= 15 is 0 Å². The second kappa shape index (κ2) is 14.9. The standard InChI is InChI=1S/C30H43N3O6S/c1-5-26(30(35)31-24-12-7-8-13-24)32(22-23-17-19-25(38-3)20-18-23)29(34)16-11-21-33(40(4,36)37)27-14-9-10-15-28(27)39-6-2/h9-10,14-15,17-20,24,26H,5-8,11-13,16,21-22H2,1-4H3,(H,31,35). The van der Waals surface area contributed by atoms with Gasteiger partial charge in [-0.2, -0.15) is 0 Å². The van der Waals surface area contributed by atoms with E-state index in [1.54, 1.807) is 36.3 Å². The number of benzene rings is 2. The normalized spacial score (nSPS) is 14.4. The molecular formula is C30H43N3O6S. The molecule has 1 atom stereocenters. The van der Waals surface area contributed by atoms with Crippen molar-refractivity contribution in [2.75, 3.05) is 30.8 Å². The predicted octanol–water partition coefficient (Wildman–Crippen LogP) is 4.51. The van der Waals surface area contributed by atoms with Crippen LogP contribution in [0.3, 0.4) is 0 Å². The van der Waals surface area contributed by atoms with Crippen LogP contribution in [0.25, 0.3) is 0 Å². The van der Waals surface area contributed by atoms with Crippen molar-refractivity contribution in [3.63, 3.8) is 0 Å². The molecule has 2 aromatic rings. The van der Waals surface area contributed by atoms with E-state index < -0.39 is 16.1 Å². The molecule has 1 unspecified atom stereocenters. The Balaban J connectivity index is 1.78. The Bertz CT molecular complexity index is 1210. The van der Waals surface area contributed by atoms with Gasteiger partial charge in [0.25, 0.3) is 0 Å². The number of ether oxygens (including phenoxy) is 2. The Hall–Kier alpha value is -3.27. The van der Waals surface area contributed by atoms with Crippen LogP contribution in [0.2, 0.25) is 0 Å². The summed E-state index contributed by atoms with van der Waals surface area (Å²) in [6.45, 7) is 4.52. The summed E-state index contributed by atoms with van der Waals surface area (Å²) in [5, 5.41) is 3.15. The Morgan fingerprint density at radius 1 is 1.05 bits per heavy atom. The third-order valence-electron chi connectivity index (χ3n) is 7.19. The summed E-state index contributed by atoms with van der Waals surface area (Å²) in [7, 11) is -2.03. The molecule has 10 heteroatoms. The van der Waals surface area contributed by atoms with Crippen molar-refractivity contribution < 1.29 is 27.5 Å². The number of nitrogens with zero attached hydrogens (tertiary/aromatic N) is 2. The van der Waals surface area contributed by atoms with Crippen molar-refractivity contribution in [1.82, 2.24) is 10.2 Å². The van der Waals surface area contributed by atoms with Crippen LogP contribution in [-0.2, 0) is 26.2 Å². The number of nitrogens with one attached hydrogen (secondary N) is 1. The average molecular weight is 574 g/mol. The molecule has 1 aliphatic rings. The van der Waals surface area contributed by atoms with E-state index in [0.717, 1.165) is 37.5 Å². The van der Waals surface area contributed by atoms with Gasteiger partial charge in [0.15, 0.2) is 0 Å². The van der Waals surface area contributed by atoms with Gasteiger partial charge in [-0.3, -0.25) is 13.9 Å². The van der Waals surface area contributed by atoms with Crippen molar-refractivity contribution in [2.45, 2.75) is 77.4 Å². The van der Waals surface area contributed by atoms with Gasteiger partial charge >= 0.3 is 0 Å². The molecular weight excluding hydrogens is 530 g/mol. The maximum atomic E-state index is 13.7. The fraction of sp³-hybridized carbons (Fsp3) is 0.533. The molecule has 0 saturated heterocycles. The quantitative estimate of drug-likeness (QED) is 0.336. The number of methoxy groups -OCH3 is 1. The van der Waals surface area contributed by atoms with Crippen LogP contribution in [0.1, 0.15) is 64.4 Å². The molecule has 1 aliphatic carbocycles. The maximum Gasteiger partial charge on any atom is 0.243 e. The summed E-state index contributed by atoms with van der Waals surface area (Å²) >= 11 is 0. The molecule has 9 nitrogen and oxygen atoms in total. The average Bonchev–Trinajstić information content (AvgIpc) is 3.44. The molecule has 2 aromatic carbocycles. The van der Waals surface area contributed by atoms with E-state index in [4.69, 9.17) is 9.47 Å². The molecule has 0 radical (unpaired) electrons. The van der Waals surface area contributed by atoms with Crippen LogP contribution in [0.5, 0.6) is 11.5 Å². The summed E-state index contributed by atoms with van der Waals surface area (Å²) in [5.41, 5.74) is 1.32. The first kappa shape index (κ1) is 31.3. The minimum absolute atomic E-state index is 0.0895. The summed E-state index contributed by atoms with van der Waals surface area (Å²) in [6, 6.07) is 13.9. The Labute approximate surface area is 238 Å². The van der Waals surface area contributed by atoms with E-state index in [9.17, 15) is 18.0 Å². The van der Waals surface area contributed by atoms with Gasteiger partial charge in [0.2, 0.25) is 21.8 Å². The number of para-hydroxylation sites is 2. The Morgan fingerprint density at radius 2 is 1.73 bits per heavy atom. The van der Waals surface area contributed by atoms with Gasteiger partial charge in [0, 0.05) is 25.6 Å². The second-order valence-electron chi connectivity index (χ2n) is 10.1. The first-order chi connectivity index (χ1) is 19.2. The van der Waals surface area contributed by atoms with E-state index in [0.29, 0.717) is 30.2 Å². The SMILES string of the molecule is CCOc1ccccc1N(CCCC(=O)N(Cc1ccc(OC)cc1)C(CC)C(=O)NC1CCCC1)S(C)(=O)=O. The molecule has 0 aromatic heterocycles. The molecule has 0 bridgehead atoms. The van der Waals surface area contributed by atoms with Crippen LogP contribution in [-0.4, -0.2) is 63.7 Å². The zero-order chi connectivity index (χ0) is 29.1. The molecule has 40 heavy (non-hydrogen) atoms. The zero-order valence-electron chi connectivity index (χ0n) is 24.1. The van der Waals surface area contributed by atoms with Crippen molar-refractivity contribution >= 4 is 27.5 Å². The van der Waals surface area contributed by atoms with Gasteiger partial charge in [0.1, 0.15) is 17.5 Å². The maximum absolute atomic E-state index is 13.7. The lowest BCUT2D eigenvalue weighted by molar-refractivity contribution is -0.141. The number of hydrogen-bond donors (Lipinski definition) is 1. The number of anilines is 1. The third kappa shape index (κ3) is 8.61. The fourth-order valence-corrected chi connectivity index (χ4v) is 6.11. The molecule has 2 amide bonds. The van der Waals surface area contributed by atoms with Crippen LogP contribution in [0, 0.1) is 0 Å². The number of sulfonamides is 1. The lowest BCUT2D eigenvalue weighted by Gasteiger charge is -2.32.